The molecule has 0 aromatic carbocycles. The lowest BCUT2D eigenvalue weighted by Gasteiger charge is -2.02. The van der Waals surface area contributed by atoms with E-state index in [1.165, 1.54) is 4.57 Å². The van der Waals surface area contributed by atoms with Crippen molar-refractivity contribution < 1.29 is 4.74 Å². The average Bonchev–Trinajstić information content (AvgIpc) is 2.23. The van der Waals surface area contributed by atoms with Crippen LogP contribution in [0.25, 0.3) is 0 Å². The number of aromatic nitrogens is 2. The average molecular weight is 198 g/mol. The first-order valence-electron chi connectivity index (χ1n) is 4.90. The van der Waals surface area contributed by atoms with Crippen molar-refractivity contribution in [3.8, 4) is 5.88 Å². The topological polar surface area (TPSA) is 44.1 Å². The molecule has 4 heteroatoms. The molecule has 1 aromatic heterocycles. The maximum absolute atomic E-state index is 11.0. The molecule has 14 heavy (non-hydrogen) atoms. The molecule has 0 amide bonds. The lowest BCUT2D eigenvalue weighted by Crippen LogP contribution is -2.19. The molecule has 0 bridgehead atoms. The third-order valence-electron chi connectivity index (χ3n) is 1.40. The zero-order chi connectivity index (χ0) is 11.0. The Morgan fingerprint density at radius 3 is 2.64 bits per heavy atom. The van der Waals surface area contributed by atoms with Gasteiger partial charge in [0.15, 0.2) is 0 Å². The van der Waals surface area contributed by atoms with Crippen LogP contribution in [-0.2, 0) is 7.05 Å². The third-order valence-corrected chi connectivity index (χ3v) is 1.40. The lowest BCUT2D eigenvalue weighted by atomic mass is 10.5. The minimum absolute atomic E-state index is 0.288. The van der Waals surface area contributed by atoms with Crippen molar-refractivity contribution in [2.75, 3.05) is 6.61 Å². The van der Waals surface area contributed by atoms with E-state index in [9.17, 15) is 4.79 Å². The molecule has 1 aromatic rings. The quantitative estimate of drug-likeness (QED) is 0.741. The highest BCUT2D eigenvalue weighted by molar-refractivity contribution is 5.05. The number of nitrogens with zero attached hydrogens (tertiary/aromatic N) is 2. The summed E-state index contributed by atoms with van der Waals surface area (Å²) in [7, 11) is 1.65. The second-order valence-electron chi connectivity index (χ2n) is 2.51. The Hall–Kier alpha value is -1.32. The summed E-state index contributed by atoms with van der Waals surface area (Å²) < 4.78 is 6.57. The lowest BCUT2D eigenvalue weighted by molar-refractivity contribution is 0.302. The molecular formula is C10H18N2O2. The van der Waals surface area contributed by atoms with Crippen LogP contribution in [0, 0.1) is 0 Å². The Balaban J connectivity index is 0.000000791. The molecule has 1 rings (SSSR count). The number of hydrogen-bond donors (Lipinski definition) is 0. The fourth-order valence-electron chi connectivity index (χ4n) is 0.737. The first-order chi connectivity index (χ1) is 6.74. The Labute approximate surface area is 84.6 Å². The zero-order valence-electron chi connectivity index (χ0n) is 9.28. The molecule has 4 nitrogen and oxygen atoms in total. The first-order valence-corrected chi connectivity index (χ1v) is 4.90. The van der Waals surface area contributed by atoms with E-state index >= 15 is 0 Å². The molecule has 0 aliphatic heterocycles. The van der Waals surface area contributed by atoms with E-state index < -0.39 is 0 Å². The number of ether oxygens (including phenoxy) is 1. The van der Waals surface area contributed by atoms with Gasteiger partial charge in [0, 0.05) is 19.3 Å². The van der Waals surface area contributed by atoms with Gasteiger partial charge in [0.25, 0.3) is 0 Å². The van der Waals surface area contributed by atoms with Crippen LogP contribution in [-0.4, -0.2) is 16.2 Å². The fraction of sp³-hybridized carbons (Fsp3) is 0.600. The summed E-state index contributed by atoms with van der Waals surface area (Å²) in [5.41, 5.74) is -0.288. The smallest absolute Gasteiger partial charge is 0.350 e. The summed E-state index contributed by atoms with van der Waals surface area (Å²) in [5, 5.41) is 0. The van der Waals surface area contributed by atoms with E-state index in [1.54, 1.807) is 19.3 Å². The van der Waals surface area contributed by atoms with Crippen molar-refractivity contribution in [2.24, 2.45) is 7.05 Å². The van der Waals surface area contributed by atoms with Crippen LogP contribution in [0.5, 0.6) is 5.88 Å². The van der Waals surface area contributed by atoms with Gasteiger partial charge in [0.2, 0.25) is 5.88 Å². The molecule has 0 saturated carbocycles. The molecular weight excluding hydrogens is 180 g/mol. The van der Waals surface area contributed by atoms with Gasteiger partial charge >= 0.3 is 5.69 Å². The van der Waals surface area contributed by atoms with Gasteiger partial charge in [-0.2, -0.15) is 4.98 Å². The second kappa shape index (κ2) is 7.12. The van der Waals surface area contributed by atoms with Gasteiger partial charge in [-0.05, 0) is 6.42 Å². The van der Waals surface area contributed by atoms with Crippen LogP contribution in [0.4, 0.5) is 0 Å². The van der Waals surface area contributed by atoms with Crippen LogP contribution in [0.3, 0.4) is 0 Å². The molecule has 0 aliphatic carbocycles. The normalized spacial score (nSPS) is 8.86. The van der Waals surface area contributed by atoms with E-state index in [0.717, 1.165) is 6.42 Å². The molecule has 0 spiro atoms. The molecule has 0 radical (unpaired) electrons. The summed E-state index contributed by atoms with van der Waals surface area (Å²) in [5.74, 6) is 0.403. The second-order valence-corrected chi connectivity index (χ2v) is 2.51. The van der Waals surface area contributed by atoms with E-state index in [0.29, 0.717) is 12.5 Å². The molecule has 0 unspecified atom stereocenters. The van der Waals surface area contributed by atoms with E-state index in [1.807, 2.05) is 20.8 Å². The number of rotatable bonds is 3. The van der Waals surface area contributed by atoms with Crippen molar-refractivity contribution >= 4 is 0 Å². The molecule has 0 atom stereocenters. The van der Waals surface area contributed by atoms with Gasteiger partial charge in [-0.25, -0.2) is 4.79 Å². The van der Waals surface area contributed by atoms with E-state index in [4.69, 9.17) is 4.74 Å². The highest BCUT2D eigenvalue weighted by atomic mass is 16.5. The van der Waals surface area contributed by atoms with Crippen LogP contribution in [0.1, 0.15) is 27.2 Å². The molecule has 0 aliphatic rings. The van der Waals surface area contributed by atoms with Crippen molar-refractivity contribution in [1.82, 2.24) is 9.55 Å². The zero-order valence-corrected chi connectivity index (χ0v) is 9.28. The van der Waals surface area contributed by atoms with Crippen LogP contribution >= 0.6 is 0 Å². The predicted molar refractivity (Wildman–Crippen MR) is 56.6 cm³/mol. The van der Waals surface area contributed by atoms with Crippen molar-refractivity contribution in [2.45, 2.75) is 27.2 Å². The third kappa shape index (κ3) is 4.07. The maximum atomic E-state index is 11.0. The van der Waals surface area contributed by atoms with Crippen molar-refractivity contribution in [3.05, 3.63) is 22.7 Å². The molecule has 0 fully saturated rings. The van der Waals surface area contributed by atoms with Gasteiger partial charge in [-0.15, -0.1) is 0 Å². The van der Waals surface area contributed by atoms with Crippen LogP contribution in [0.15, 0.2) is 17.1 Å². The monoisotopic (exact) mass is 198 g/mol. The van der Waals surface area contributed by atoms with Crippen LogP contribution < -0.4 is 10.4 Å². The Morgan fingerprint density at radius 1 is 1.50 bits per heavy atom. The SMILES string of the molecule is CC.CCCOc1ccn(C)c(=O)n1. The van der Waals surface area contributed by atoms with Gasteiger partial charge in [-0.3, -0.25) is 0 Å². The Kier molecular flexibility index (Phi) is 6.45. The summed E-state index contributed by atoms with van der Waals surface area (Å²) >= 11 is 0. The van der Waals surface area contributed by atoms with Gasteiger partial charge < -0.3 is 9.30 Å². The molecule has 0 saturated heterocycles. The number of aryl methyl sites for hydroxylation is 1. The molecule has 1 heterocycles. The highest BCUT2D eigenvalue weighted by Gasteiger charge is 1.96. The minimum atomic E-state index is -0.288. The summed E-state index contributed by atoms with van der Waals surface area (Å²) in [4.78, 5) is 14.7. The van der Waals surface area contributed by atoms with Gasteiger partial charge in [0.1, 0.15) is 0 Å². The highest BCUT2D eigenvalue weighted by Crippen LogP contribution is 2.00. The van der Waals surface area contributed by atoms with Gasteiger partial charge in [-0.1, -0.05) is 20.8 Å². The largest absolute Gasteiger partial charge is 0.478 e. The van der Waals surface area contributed by atoms with E-state index in [-0.39, 0.29) is 5.69 Å². The minimum Gasteiger partial charge on any atom is -0.478 e. The summed E-state index contributed by atoms with van der Waals surface area (Å²) in [6.45, 7) is 6.60. The molecule has 0 N–H and O–H groups in total. The number of hydrogen-bond acceptors (Lipinski definition) is 3. The first kappa shape index (κ1) is 12.7. The van der Waals surface area contributed by atoms with Gasteiger partial charge in [0.05, 0.1) is 6.61 Å². The fourth-order valence-corrected chi connectivity index (χ4v) is 0.737. The van der Waals surface area contributed by atoms with Crippen LogP contribution in [0.2, 0.25) is 0 Å². The standard InChI is InChI=1S/C8H12N2O2.C2H6/c1-3-6-12-7-4-5-10(2)8(11)9-7;1-2/h4-5H,3,6H2,1-2H3;1-2H3. The Bertz CT molecular complexity index is 307. The predicted octanol–water partition coefficient (Wildman–Crippen LogP) is 1.60. The molecule has 80 valence electrons. The summed E-state index contributed by atoms with van der Waals surface area (Å²) in [6.07, 6.45) is 2.55. The van der Waals surface area contributed by atoms with E-state index in [2.05, 4.69) is 4.98 Å². The van der Waals surface area contributed by atoms with Crippen molar-refractivity contribution in [1.29, 1.82) is 0 Å². The Morgan fingerprint density at radius 2 is 2.14 bits per heavy atom. The van der Waals surface area contributed by atoms with Crippen molar-refractivity contribution in [3.63, 3.8) is 0 Å². The maximum Gasteiger partial charge on any atom is 0.350 e. The summed E-state index contributed by atoms with van der Waals surface area (Å²) in [6, 6.07) is 1.68.